The zero-order valence-electron chi connectivity index (χ0n) is 10.9. The molecule has 100 valence electrons. The van der Waals surface area contributed by atoms with E-state index in [4.69, 9.17) is 28.9 Å². The van der Waals surface area contributed by atoms with Crippen molar-refractivity contribution in [1.29, 1.82) is 0 Å². The maximum Gasteiger partial charge on any atom is 0.0595 e. The maximum atomic E-state index is 6.07. The highest BCUT2D eigenvalue weighted by molar-refractivity contribution is 6.42. The van der Waals surface area contributed by atoms with E-state index in [1.165, 1.54) is 5.56 Å². The van der Waals surface area contributed by atoms with Crippen molar-refractivity contribution >= 4 is 23.2 Å². The first kappa shape index (κ1) is 14.4. The predicted octanol–water partition coefficient (Wildman–Crippen LogP) is 4.45. The van der Waals surface area contributed by atoms with Gasteiger partial charge in [-0.05, 0) is 29.7 Å². The van der Waals surface area contributed by atoms with Gasteiger partial charge >= 0.3 is 0 Å². The van der Waals surface area contributed by atoms with Gasteiger partial charge in [-0.25, -0.2) is 0 Å². The van der Waals surface area contributed by atoms with Crippen molar-refractivity contribution < 1.29 is 0 Å². The van der Waals surface area contributed by atoms with Crippen molar-refractivity contribution in [1.82, 2.24) is 0 Å². The van der Waals surface area contributed by atoms with Crippen LogP contribution in [-0.4, -0.2) is 6.54 Å². The van der Waals surface area contributed by atoms with Gasteiger partial charge in [-0.3, -0.25) is 0 Å². The third-order valence-electron chi connectivity index (χ3n) is 3.50. The highest BCUT2D eigenvalue weighted by Gasteiger charge is 2.25. The standard InChI is InChI=1S/C16H17Cl2N/c1-16(11-19,13-5-3-2-4-6-13)10-12-7-8-14(17)15(18)9-12/h2-9H,10-11,19H2,1H3. The van der Waals surface area contributed by atoms with Crippen LogP contribution in [0.5, 0.6) is 0 Å². The molecular formula is C16H17Cl2N. The molecule has 1 unspecified atom stereocenters. The fourth-order valence-corrected chi connectivity index (χ4v) is 2.55. The molecule has 3 heteroatoms. The Morgan fingerprint density at radius 2 is 1.68 bits per heavy atom. The highest BCUT2D eigenvalue weighted by atomic mass is 35.5. The molecule has 0 radical (unpaired) electrons. The molecule has 0 aromatic heterocycles. The zero-order valence-corrected chi connectivity index (χ0v) is 12.4. The summed E-state index contributed by atoms with van der Waals surface area (Å²) in [4.78, 5) is 0. The highest BCUT2D eigenvalue weighted by Crippen LogP contribution is 2.30. The summed E-state index contributed by atoms with van der Waals surface area (Å²) < 4.78 is 0. The van der Waals surface area contributed by atoms with Crippen LogP contribution in [0, 0.1) is 0 Å². The van der Waals surface area contributed by atoms with E-state index in [9.17, 15) is 0 Å². The number of hydrogen-bond acceptors (Lipinski definition) is 1. The first-order valence-electron chi connectivity index (χ1n) is 6.25. The molecule has 1 nitrogen and oxygen atoms in total. The van der Waals surface area contributed by atoms with Crippen LogP contribution in [0.2, 0.25) is 10.0 Å². The second-order valence-electron chi connectivity index (χ2n) is 5.06. The Balaban J connectivity index is 2.30. The lowest BCUT2D eigenvalue weighted by atomic mass is 9.77. The predicted molar refractivity (Wildman–Crippen MR) is 83.0 cm³/mol. The van der Waals surface area contributed by atoms with Crippen LogP contribution in [0.15, 0.2) is 48.5 Å². The molecule has 0 spiro atoms. The van der Waals surface area contributed by atoms with Crippen LogP contribution < -0.4 is 5.73 Å². The van der Waals surface area contributed by atoms with Crippen LogP contribution >= 0.6 is 23.2 Å². The topological polar surface area (TPSA) is 26.0 Å². The van der Waals surface area contributed by atoms with Crippen LogP contribution in [0.1, 0.15) is 18.1 Å². The van der Waals surface area contributed by atoms with Gasteiger partial charge in [-0.1, -0.05) is 66.5 Å². The summed E-state index contributed by atoms with van der Waals surface area (Å²) in [5, 5.41) is 1.17. The molecule has 0 amide bonds. The molecule has 0 bridgehead atoms. The Hall–Kier alpha value is -1.02. The van der Waals surface area contributed by atoms with Gasteiger partial charge in [0.05, 0.1) is 10.0 Å². The largest absolute Gasteiger partial charge is 0.330 e. The molecule has 2 aromatic carbocycles. The second kappa shape index (κ2) is 5.96. The van der Waals surface area contributed by atoms with Crippen molar-refractivity contribution in [3.8, 4) is 0 Å². The Labute approximate surface area is 124 Å². The lowest BCUT2D eigenvalue weighted by Crippen LogP contribution is -2.34. The minimum atomic E-state index is -0.0988. The Morgan fingerprint density at radius 1 is 1.00 bits per heavy atom. The fourth-order valence-electron chi connectivity index (χ4n) is 2.23. The van der Waals surface area contributed by atoms with Crippen LogP contribution in [0.3, 0.4) is 0 Å². The number of benzene rings is 2. The molecule has 0 saturated heterocycles. The number of hydrogen-bond donors (Lipinski definition) is 1. The smallest absolute Gasteiger partial charge is 0.0595 e. The third kappa shape index (κ3) is 3.30. The van der Waals surface area contributed by atoms with Gasteiger partial charge in [-0.15, -0.1) is 0 Å². The average Bonchev–Trinajstić information content (AvgIpc) is 2.44. The molecular weight excluding hydrogens is 277 g/mol. The summed E-state index contributed by atoms with van der Waals surface area (Å²) in [6, 6.07) is 16.1. The Bertz CT molecular complexity index is 554. The van der Waals surface area contributed by atoms with Crippen molar-refractivity contribution in [2.75, 3.05) is 6.54 Å². The SMILES string of the molecule is CC(CN)(Cc1ccc(Cl)c(Cl)c1)c1ccccc1. The summed E-state index contributed by atoms with van der Waals surface area (Å²) in [7, 11) is 0. The molecule has 19 heavy (non-hydrogen) atoms. The monoisotopic (exact) mass is 293 g/mol. The first-order valence-corrected chi connectivity index (χ1v) is 7.00. The maximum absolute atomic E-state index is 6.07. The van der Waals surface area contributed by atoms with Gasteiger partial charge in [0.15, 0.2) is 0 Å². The third-order valence-corrected chi connectivity index (χ3v) is 4.24. The van der Waals surface area contributed by atoms with E-state index in [0.717, 1.165) is 12.0 Å². The molecule has 0 saturated carbocycles. The van der Waals surface area contributed by atoms with E-state index in [1.807, 2.05) is 36.4 Å². The minimum absolute atomic E-state index is 0.0988. The molecule has 2 N–H and O–H groups in total. The number of halogens is 2. The molecule has 0 aliphatic heterocycles. The molecule has 0 aliphatic carbocycles. The van der Waals surface area contributed by atoms with E-state index in [2.05, 4.69) is 19.1 Å². The van der Waals surface area contributed by atoms with Crippen molar-refractivity contribution in [2.24, 2.45) is 5.73 Å². The van der Waals surface area contributed by atoms with E-state index in [-0.39, 0.29) is 5.41 Å². The van der Waals surface area contributed by atoms with Gasteiger partial charge in [0.25, 0.3) is 0 Å². The Morgan fingerprint density at radius 3 is 2.26 bits per heavy atom. The zero-order chi connectivity index (χ0) is 13.9. The van der Waals surface area contributed by atoms with Gasteiger partial charge < -0.3 is 5.73 Å². The van der Waals surface area contributed by atoms with E-state index >= 15 is 0 Å². The van der Waals surface area contributed by atoms with E-state index in [1.54, 1.807) is 0 Å². The fraction of sp³-hybridized carbons (Fsp3) is 0.250. The quantitative estimate of drug-likeness (QED) is 0.885. The average molecular weight is 294 g/mol. The summed E-state index contributed by atoms with van der Waals surface area (Å²) >= 11 is 12.0. The van der Waals surface area contributed by atoms with Crippen LogP contribution in [-0.2, 0) is 11.8 Å². The van der Waals surface area contributed by atoms with E-state index < -0.39 is 0 Å². The Kier molecular flexibility index (Phi) is 4.51. The summed E-state index contributed by atoms with van der Waals surface area (Å²) in [5.74, 6) is 0. The molecule has 0 fully saturated rings. The summed E-state index contributed by atoms with van der Waals surface area (Å²) in [6.07, 6.45) is 0.838. The first-order chi connectivity index (χ1) is 9.05. The number of nitrogens with two attached hydrogens (primary N) is 1. The van der Waals surface area contributed by atoms with Crippen molar-refractivity contribution in [3.63, 3.8) is 0 Å². The number of rotatable bonds is 4. The lowest BCUT2D eigenvalue weighted by molar-refractivity contribution is 0.481. The molecule has 1 atom stereocenters. The second-order valence-corrected chi connectivity index (χ2v) is 5.87. The normalized spacial score (nSPS) is 14.1. The van der Waals surface area contributed by atoms with Crippen LogP contribution in [0.4, 0.5) is 0 Å². The van der Waals surface area contributed by atoms with E-state index in [0.29, 0.717) is 16.6 Å². The minimum Gasteiger partial charge on any atom is -0.330 e. The molecule has 2 aromatic rings. The molecule has 0 heterocycles. The van der Waals surface area contributed by atoms with Crippen molar-refractivity contribution in [3.05, 3.63) is 69.7 Å². The van der Waals surface area contributed by atoms with Gasteiger partial charge in [0.2, 0.25) is 0 Å². The van der Waals surface area contributed by atoms with Gasteiger partial charge in [0.1, 0.15) is 0 Å². The molecule has 0 aliphatic rings. The van der Waals surface area contributed by atoms with Crippen LogP contribution in [0.25, 0.3) is 0 Å². The van der Waals surface area contributed by atoms with Gasteiger partial charge in [0, 0.05) is 12.0 Å². The summed E-state index contributed by atoms with van der Waals surface area (Å²) in [5.41, 5.74) is 8.28. The summed E-state index contributed by atoms with van der Waals surface area (Å²) in [6.45, 7) is 2.75. The lowest BCUT2D eigenvalue weighted by Gasteiger charge is -2.29. The van der Waals surface area contributed by atoms with Gasteiger partial charge in [-0.2, -0.15) is 0 Å². The van der Waals surface area contributed by atoms with Crippen molar-refractivity contribution in [2.45, 2.75) is 18.8 Å². The molecule has 2 rings (SSSR count).